The summed E-state index contributed by atoms with van der Waals surface area (Å²) in [7, 11) is 0. The van der Waals surface area contributed by atoms with Crippen molar-refractivity contribution in [3.63, 3.8) is 0 Å². The molecule has 3 heterocycles. The highest BCUT2D eigenvalue weighted by atomic mass is 16.5. The Hall–Kier alpha value is -4.00. The maximum Gasteiger partial charge on any atom is 0.251 e. The maximum atomic E-state index is 12.3. The highest BCUT2D eigenvalue weighted by molar-refractivity contribution is 5.97. The van der Waals surface area contributed by atoms with E-state index in [0.29, 0.717) is 18.7 Å². The number of fused-ring (bicyclic) bond motifs is 2. The van der Waals surface area contributed by atoms with Gasteiger partial charge in [0.05, 0.1) is 18.0 Å². The Balaban J connectivity index is 1.36. The first-order valence-corrected chi connectivity index (χ1v) is 10.5. The van der Waals surface area contributed by atoms with E-state index < -0.39 is 0 Å². The van der Waals surface area contributed by atoms with Gasteiger partial charge < -0.3 is 15.8 Å². The average Bonchev–Trinajstić information content (AvgIpc) is 3.25. The van der Waals surface area contributed by atoms with Crippen LogP contribution in [0, 0.1) is 5.92 Å². The predicted molar refractivity (Wildman–Crippen MR) is 124 cm³/mol. The molecule has 2 aliphatic heterocycles. The number of nitrogens with two attached hydrogens (primary N) is 1. The topological polar surface area (TPSA) is 102 Å². The van der Waals surface area contributed by atoms with Gasteiger partial charge in [-0.25, -0.2) is 9.97 Å². The molecular weight excluding hydrogens is 402 g/mol. The zero-order valence-corrected chi connectivity index (χ0v) is 17.5. The van der Waals surface area contributed by atoms with Crippen LogP contribution in [0.3, 0.4) is 0 Å². The van der Waals surface area contributed by atoms with E-state index in [1.807, 2.05) is 30.3 Å². The molecule has 3 N–H and O–H groups in total. The van der Waals surface area contributed by atoms with Crippen molar-refractivity contribution in [3.05, 3.63) is 78.0 Å². The molecule has 0 aliphatic carbocycles. The second-order valence-electron chi connectivity index (χ2n) is 7.96. The van der Waals surface area contributed by atoms with E-state index in [2.05, 4.69) is 27.9 Å². The van der Waals surface area contributed by atoms with Gasteiger partial charge in [-0.05, 0) is 47.9 Å². The van der Waals surface area contributed by atoms with Crippen molar-refractivity contribution in [1.82, 2.24) is 15.3 Å². The molecule has 0 spiro atoms. The first-order chi connectivity index (χ1) is 15.6. The minimum Gasteiger partial charge on any atom is -0.493 e. The van der Waals surface area contributed by atoms with Crippen LogP contribution >= 0.6 is 0 Å². The lowest BCUT2D eigenvalue weighted by Crippen LogP contribution is -2.29. The molecule has 2 aromatic carbocycles. The van der Waals surface area contributed by atoms with Crippen LogP contribution < -0.4 is 15.8 Å². The van der Waals surface area contributed by atoms with E-state index in [-0.39, 0.29) is 17.8 Å². The van der Waals surface area contributed by atoms with Crippen LogP contribution in [0.15, 0.2) is 66.3 Å². The number of nitrogens with one attached hydrogen (secondary N) is 1. The first-order valence-electron chi connectivity index (χ1n) is 10.5. The van der Waals surface area contributed by atoms with E-state index in [0.717, 1.165) is 46.8 Å². The quantitative estimate of drug-likeness (QED) is 0.609. The summed E-state index contributed by atoms with van der Waals surface area (Å²) in [6.07, 6.45) is 4.91. The third-order valence-corrected chi connectivity index (χ3v) is 5.80. The molecule has 0 fully saturated rings. The summed E-state index contributed by atoms with van der Waals surface area (Å²) in [4.78, 5) is 25.5. The molecule has 5 rings (SSSR count). The van der Waals surface area contributed by atoms with Gasteiger partial charge in [-0.1, -0.05) is 18.2 Å². The molecule has 3 aromatic rings. The van der Waals surface area contributed by atoms with Crippen molar-refractivity contribution >= 4 is 23.3 Å². The van der Waals surface area contributed by atoms with Crippen molar-refractivity contribution in [2.45, 2.75) is 12.8 Å². The second-order valence-corrected chi connectivity index (χ2v) is 7.96. The Kier molecular flexibility index (Phi) is 5.15. The zero-order chi connectivity index (χ0) is 22.1. The van der Waals surface area contributed by atoms with E-state index in [4.69, 9.17) is 15.5 Å². The van der Waals surface area contributed by atoms with E-state index in [1.165, 1.54) is 5.56 Å². The number of carbonyl (C=O) groups is 1. The number of benzene rings is 2. The van der Waals surface area contributed by atoms with Gasteiger partial charge in [0, 0.05) is 41.9 Å². The molecule has 32 heavy (non-hydrogen) atoms. The standard InChI is InChI=1S/C25H23N5O2/c1-2-8-27-24(31)17-5-6-23-18(10-17)11-19(14-32-23)22-13-16-4-3-15(12-21(16)29-22)20-7-9-28-25(26)30-20/h2-7,9-10,12,19H,1,8,11,13-14H2,(H,27,31)(H2,26,28,30). The lowest BCUT2D eigenvalue weighted by Gasteiger charge is -2.26. The zero-order valence-electron chi connectivity index (χ0n) is 17.5. The van der Waals surface area contributed by atoms with Gasteiger partial charge in [0.15, 0.2) is 0 Å². The fourth-order valence-corrected chi connectivity index (χ4v) is 4.15. The van der Waals surface area contributed by atoms with Crippen molar-refractivity contribution in [2.24, 2.45) is 10.9 Å². The molecular formula is C25H23N5O2. The summed E-state index contributed by atoms with van der Waals surface area (Å²) >= 11 is 0. The first kappa shape index (κ1) is 19.9. The molecule has 160 valence electrons. The third-order valence-electron chi connectivity index (χ3n) is 5.80. The number of carbonyl (C=O) groups excluding carboxylic acids is 1. The van der Waals surface area contributed by atoms with Gasteiger partial charge in [-0.15, -0.1) is 6.58 Å². The molecule has 1 aromatic heterocycles. The van der Waals surface area contributed by atoms with Gasteiger partial charge in [-0.3, -0.25) is 9.79 Å². The fraction of sp³-hybridized carbons (Fsp3) is 0.200. The normalized spacial score (nSPS) is 16.4. The summed E-state index contributed by atoms with van der Waals surface area (Å²) < 4.78 is 6.01. The third kappa shape index (κ3) is 3.85. The smallest absolute Gasteiger partial charge is 0.251 e. The number of anilines is 1. The number of nitrogen functional groups attached to an aromatic ring is 1. The molecule has 1 unspecified atom stereocenters. The summed E-state index contributed by atoms with van der Waals surface area (Å²) in [5.41, 5.74) is 12.4. The fourth-order valence-electron chi connectivity index (χ4n) is 4.15. The Bertz CT molecular complexity index is 1250. The summed E-state index contributed by atoms with van der Waals surface area (Å²) in [6.45, 7) is 4.65. The number of amides is 1. The van der Waals surface area contributed by atoms with Crippen molar-refractivity contribution in [3.8, 4) is 17.0 Å². The molecule has 2 aliphatic rings. The SMILES string of the molecule is C=CCNC(=O)c1ccc2c(c1)CC(C1=Nc3cc(-c4ccnc(N)n4)ccc3C1)CO2. The number of nitrogens with zero attached hydrogens (tertiary/aromatic N) is 3. The minimum absolute atomic E-state index is 0.113. The molecule has 1 amide bonds. The lowest BCUT2D eigenvalue weighted by molar-refractivity contribution is 0.0957. The molecule has 0 saturated heterocycles. The maximum absolute atomic E-state index is 12.3. The van der Waals surface area contributed by atoms with Gasteiger partial charge in [-0.2, -0.15) is 0 Å². The van der Waals surface area contributed by atoms with Crippen molar-refractivity contribution in [1.29, 1.82) is 0 Å². The number of rotatable bonds is 5. The van der Waals surface area contributed by atoms with E-state index in [1.54, 1.807) is 18.3 Å². The van der Waals surface area contributed by atoms with Gasteiger partial charge >= 0.3 is 0 Å². The van der Waals surface area contributed by atoms with Gasteiger partial charge in [0.2, 0.25) is 5.95 Å². The van der Waals surface area contributed by atoms with Crippen molar-refractivity contribution < 1.29 is 9.53 Å². The Morgan fingerprint density at radius 3 is 2.97 bits per heavy atom. The second kappa shape index (κ2) is 8.26. The predicted octanol–water partition coefficient (Wildman–Crippen LogP) is 3.52. The summed E-state index contributed by atoms with van der Waals surface area (Å²) in [5.74, 6) is 1.14. The molecule has 1 atom stereocenters. The van der Waals surface area contributed by atoms with Crippen LogP contribution in [0.4, 0.5) is 11.6 Å². The monoisotopic (exact) mass is 425 g/mol. The van der Waals surface area contributed by atoms with Crippen LogP contribution in [0.2, 0.25) is 0 Å². The number of hydrogen-bond donors (Lipinski definition) is 2. The van der Waals surface area contributed by atoms with Crippen molar-refractivity contribution in [2.75, 3.05) is 18.9 Å². The molecule has 7 heteroatoms. The largest absolute Gasteiger partial charge is 0.493 e. The molecule has 7 nitrogen and oxygen atoms in total. The van der Waals surface area contributed by atoms with Crippen LogP contribution in [-0.2, 0) is 12.8 Å². The summed E-state index contributed by atoms with van der Waals surface area (Å²) in [6, 6.07) is 13.6. The van der Waals surface area contributed by atoms with E-state index >= 15 is 0 Å². The lowest BCUT2D eigenvalue weighted by atomic mass is 9.89. The number of ether oxygens (including phenoxy) is 1. The Labute approximate surface area is 186 Å². The van der Waals surface area contributed by atoms with Crippen LogP contribution in [0.5, 0.6) is 5.75 Å². The molecule has 0 radical (unpaired) electrons. The minimum atomic E-state index is -0.113. The Morgan fingerprint density at radius 1 is 1.22 bits per heavy atom. The van der Waals surface area contributed by atoms with Crippen LogP contribution in [0.1, 0.15) is 21.5 Å². The van der Waals surface area contributed by atoms with Gasteiger partial charge in [0.25, 0.3) is 5.91 Å². The molecule has 0 saturated carbocycles. The van der Waals surface area contributed by atoms with E-state index in [9.17, 15) is 4.79 Å². The summed E-state index contributed by atoms with van der Waals surface area (Å²) in [5, 5.41) is 2.82. The number of hydrogen-bond acceptors (Lipinski definition) is 6. The van der Waals surface area contributed by atoms with Crippen LogP contribution in [0.25, 0.3) is 11.3 Å². The Morgan fingerprint density at radius 2 is 2.12 bits per heavy atom. The van der Waals surface area contributed by atoms with Crippen LogP contribution in [-0.4, -0.2) is 34.7 Å². The highest BCUT2D eigenvalue weighted by Gasteiger charge is 2.28. The molecule has 0 bridgehead atoms. The number of aliphatic imine (C=N–C) groups is 1. The average molecular weight is 425 g/mol. The van der Waals surface area contributed by atoms with Gasteiger partial charge in [0.1, 0.15) is 5.75 Å². The highest BCUT2D eigenvalue weighted by Crippen LogP contribution is 2.36. The number of aromatic nitrogens is 2.